The number of hydrogen-bond acceptors (Lipinski definition) is 10. The Labute approximate surface area is 122 Å². The van der Waals surface area contributed by atoms with Crippen molar-refractivity contribution in [1.29, 1.82) is 0 Å². The molecule has 1 saturated heterocycles. The molecule has 0 saturated carbocycles. The van der Waals surface area contributed by atoms with Gasteiger partial charge in [0.2, 0.25) is 0 Å². The van der Waals surface area contributed by atoms with E-state index < -0.39 is 54.7 Å². The Hall–Kier alpha value is 0.250. The van der Waals surface area contributed by atoms with Crippen LogP contribution in [0.2, 0.25) is 0 Å². The van der Waals surface area contributed by atoms with Crippen molar-refractivity contribution >= 4 is 23.5 Å². The van der Waals surface area contributed by atoms with Gasteiger partial charge in [-0.3, -0.25) is 4.52 Å². The summed E-state index contributed by atoms with van der Waals surface area (Å²) in [5, 5.41) is 27.5. The first kappa shape index (κ1) is 20.3. The summed E-state index contributed by atoms with van der Waals surface area (Å²) < 4.78 is 48.3. The van der Waals surface area contributed by atoms with Crippen LogP contribution in [0.4, 0.5) is 0 Å². The predicted molar refractivity (Wildman–Crippen MR) is 62.7 cm³/mol. The van der Waals surface area contributed by atoms with Gasteiger partial charge in [-0.2, -0.15) is 8.62 Å². The average molecular weight is 390 g/mol. The van der Waals surface area contributed by atoms with Gasteiger partial charge in [-0.25, -0.2) is 13.7 Å². The Morgan fingerprint density at radius 1 is 0.864 bits per heavy atom. The van der Waals surface area contributed by atoms with E-state index in [1.54, 1.807) is 0 Å². The summed E-state index contributed by atoms with van der Waals surface area (Å²) in [7, 11) is -16.5. The summed E-state index contributed by atoms with van der Waals surface area (Å²) in [5.74, 6) is 0. The van der Waals surface area contributed by atoms with Crippen LogP contribution >= 0.6 is 23.5 Å². The van der Waals surface area contributed by atoms with Gasteiger partial charge >= 0.3 is 23.5 Å². The van der Waals surface area contributed by atoms with E-state index in [9.17, 15) is 18.8 Å². The zero-order valence-corrected chi connectivity index (χ0v) is 13.0. The molecular formula is C5H13O14P3. The molecule has 1 fully saturated rings. The van der Waals surface area contributed by atoms with Gasteiger partial charge in [0.1, 0.15) is 18.3 Å². The third kappa shape index (κ3) is 6.40. The van der Waals surface area contributed by atoms with Crippen LogP contribution in [-0.2, 0) is 31.6 Å². The van der Waals surface area contributed by atoms with E-state index in [1.165, 1.54) is 0 Å². The van der Waals surface area contributed by atoms with Crippen molar-refractivity contribution in [3.05, 3.63) is 0 Å². The summed E-state index contributed by atoms with van der Waals surface area (Å²) in [6.07, 6.45) is -6.67. The van der Waals surface area contributed by atoms with Gasteiger partial charge in [-0.1, -0.05) is 0 Å². The monoisotopic (exact) mass is 390 g/mol. The molecule has 1 heterocycles. The second-order valence-corrected chi connectivity index (χ2v) is 8.35. The first-order valence-corrected chi connectivity index (χ1v) is 9.72. The maximum atomic E-state index is 11.3. The molecule has 6 atom stereocenters. The molecule has 0 radical (unpaired) electrons. The average Bonchev–Trinajstić information content (AvgIpc) is 2.49. The molecule has 14 nitrogen and oxygen atoms in total. The molecule has 0 amide bonds. The summed E-state index contributed by atoms with van der Waals surface area (Å²) in [5.41, 5.74) is 0. The van der Waals surface area contributed by atoms with Gasteiger partial charge in [-0.05, 0) is 0 Å². The SMILES string of the molecule is O=P(O)(O)OP(=O)(O)OP(=O)(O)OC[C@H]1OC(O)[C@H](O)[C@@H]1O. The number of ether oxygens (including phenoxy) is 1. The zero-order chi connectivity index (χ0) is 17.3. The van der Waals surface area contributed by atoms with Crippen LogP contribution < -0.4 is 0 Å². The lowest BCUT2D eigenvalue weighted by molar-refractivity contribution is -0.132. The molecule has 0 aliphatic carbocycles. The zero-order valence-electron chi connectivity index (χ0n) is 10.3. The van der Waals surface area contributed by atoms with E-state index in [0.717, 1.165) is 0 Å². The molecule has 7 N–H and O–H groups in total. The highest BCUT2D eigenvalue weighted by Gasteiger charge is 2.45. The van der Waals surface area contributed by atoms with Crippen molar-refractivity contribution in [3.63, 3.8) is 0 Å². The minimum Gasteiger partial charge on any atom is -0.387 e. The normalized spacial score (nSPS) is 35.0. The first-order chi connectivity index (χ1) is 9.72. The molecule has 0 bridgehead atoms. The quantitative estimate of drug-likeness (QED) is 0.228. The van der Waals surface area contributed by atoms with Gasteiger partial charge in [0.15, 0.2) is 6.29 Å². The lowest BCUT2D eigenvalue weighted by atomic mass is 10.1. The van der Waals surface area contributed by atoms with Crippen molar-refractivity contribution in [2.45, 2.75) is 24.6 Å². The van der Waals surface area contributed by atoms with Crippen molar-refractivity contribution < 1.29 is 66.5 Å². The molecule has 1 rings (SSSR count). The molecule has 3 unspecified atom stereocenters. The van der Waals surface area contributed by atoms with Crippen molar-refractivity contribution in [3.8, 4) is 0 Å². The maximum absolute atomic E-state index is 11.3. The van der Waals surface area contributed by atoms with Gasteiger partial charge in [0.25, 0.3) is 0 Å². The number of rotatable bonds is 7. The van der Waals surface area contributed by atoms with E-state index in [-0.39, 0.29) is 0 Å². The highest BCUT2D eigenvalue weighted by molar-refractivity contribution is 7.66. The molecule has 0 aromatic heterocycles. The summed E-state index contributed by atoms with van der Waals surface area (Å²) >= 11 is 0. The summed E-state index contributed by atoms with van der Waals surface area (Å²) in [6, 6.07) is 0. The van der Waals surface area contributed by atoms with Gasteiger partial charge in [0.05, 0.1) is 6.61 Å². The van der Waals surface area contributed by atoms with Crippen LogP contribution in [-0.4, -0.2) is 66.1 Å². The van der Waals surface area contributed by atoms with Crippen LogP contribution in [0.3, 0.4) is 0 Å². The Balaban J connectivity index is 2.60. The molecule has 0 aromatic rings. The summed E-state index contributed by atoms with van der Waals surface area (Å²) in [4.78, 5) is 34.6. The minimum absolute atomic E-state index is 0.973. The van der Waals surface area contributed by atoms with Crippen LogP contribution in [0, 0.1) is 0 Å². The molecule has 132 valence electrons. The fourth-order valence-corrected chi connectivity index (χ4v) is 4.37. The Kier molecular flexibility index (Phi) is 6.47. The molecular weight excluding hydrogens is 377 g/mol. The number of phosphoric acid groups is 3. The topological polar surface area (TPSA) is 230 Å². The second-order valence-electron chi connectivity index (χ2n) is 3.93. The third-order valence-electron chi connectivity index (χ3n) is 2.16. The second kappa shape index (κ2) is 7.01. The highest BCUT2D eigenvalue weighted by atomic mass is 31.3. The standard InChI is InChI=1S/C5H13O14P3/c6-3-2(17-5(8)4(3)7)1-16-21(12,13)19-22(14,15)18-20(9,10)11/h2-8H,1H2,(H,12,13)(H,14,15)(H2,9,10,11)/t2-,3-,4-,5?/m1/s1. The Morgan fingerprint density at radius 3 is 1.82 bits per heavy atom. The lowest BCUT2D eigenvalue weighted by Gasteiger charge is -2.18. The number of phosphoric ester groups is 1. The number of hydrogen-bond donors (Lipinski definition) is 7. The molecule has 0 aromatic carbocycles. The first-order valence-electron chi connectivity index (χ1n) is 5.20. The fourth-order valence-electron chi connectivity index (χ4n) is 1.34. The predicted octanol–water partition coefficient (Wildman–Crippen LogP) is -2.23. The van der Waals surface area contributed by atoms with E-state index in [0.29, 0.717) is 0 Å². The molecule has 0 spiro atoms. The van der Waals surface area contributed by atoms with E-state index in [1.807, 2.05) is 0 Å². The summed E-state index contributed by atoms with van der Waals surface area (Å²) in [6.45, 7) is -0.973. The van der Waals surface area contributed by atoms with Crippen LogP contribution in [0.1, 0.15) is 0 Å². The third-order valence-corrected chi connectivity index (χ3v) is 5.96. The van der Waals surface area contributed by atoms with Crippen molar-refractivity contribution in [2.75, 3.05) is 6.61 Å². The molecule has 1 aliphatic heterocycles. The van der Waals surface area contributed by atoms with Gasteiger partial charge < -0.3 is 39.6 Å². The van der Waals surface area contributed by atoms with Crippen LogP contribution in [0.25, 0.3) is 0 Å². The van der Waals surface area contributed by atoms with E-state index in [2.05, 4.69) is 17.9 Å². The highest BCUT2D eigenvalue weighted by Crippen LogP contribution is 2.66. The Morgan fingerprint density at radius 2 is 1.41 bits per heavy atom. The smallest absolute Gasteiger partial charge is 0.387 e. The van der Waals surface area contributed by atoms with Crippen LogP contribution in [0.5, 0.6) is 0 Å². The van der Waals surface area contributed by atoms with Crippen LogP contribution in [0.15, 0.2) is 0 Å². The molecule has 22 heavy (non-hydrogen) atoms. The van der Waals surface area contributed by atoms with Gasteiger partial charge in [-0.15, -0.1) is 0 Å². The largest absolute Gasteiger partial charge is 0.490 e. The maximum Gasteiger partial charge on any atom is 0.490 e. The van der Waals surface area contributed by atoms with E-state index in [4.69, 9.17) is 29.8 Å². The van der Waals surface area contributed by atoms with Crippen molar-refractivity contribution in [2.24, 2.45) is 0 Å². The van der Waals surface area contributed by atoms with Gasteiger partial charge in [0, 0.05) is 0 Å². The number of aliphatic hydroxyl groups is 3. The number of aliphatic hydroxyl groups excluding tert-OH is 3. The van der Waals surface area contributed by atoms with Crippen molar-refractivity contribution in [1.82, 2.24) is 0 Å². The molecule has 17 heteroatoms. The minimum atomic E-state index is -5.64. The fraction of sp³-hybridized carbons (Fsp3) is 1.00. The molecule has 1 aliphatic rings. The van der Waals surface area contributed by atoms with E-state index >= 15 is 0 Å². The lowest BCUT2D eigenvalue weighted by Crippen LogP contribution is -2.34. The Bertz CT molecular complexity index is 527.